The number of rotatable bonds is 6. The molecule has 2 fully saturated rings. The topological polar surface area (TPSA) is 36.9 Å². The van der Waals surface area contributed by atoms with Crippen molar-refractivity contribution in [2.45, 2.75) is 50.2 Å². The first kappa shape index (κ1) is 20.4. The van der Waals surface area contributed by atoms with Crippen LogP contribution in [0.2, 0.25) is 0 Å². The molecule has 0 saturated carbocycles. The van der Waals surface area contributed by atoms with Crippen LogP contribution in [0.25, 0.3) is 0 Å². The summed E-state index contributed by atoms with van der Waals surface area (Å²) < 4.78 is 24.9. The third kappa shape index (κ3) is 3.92. The molecule has 3 atom stereocenters. The maximum absolute atomic E-state index is 6.85. The van der Waals surface area contributed by atoms with Gasteiger partial charge in [-0.15, -0.1) is 0 Å². The van der Waals surface area contributed by atoms with Crippen LogP contribution in [0.4, 0.5) is 0 Å². The lowest BCUT2D eigenvalue weighted by atomic mass is 9.80. The Morgan fingerprint density at radius 3 is 1.71 bits per heavy atom. The average molecular weight is 417 g/mol. The van der Waals surface area contributed by atoms with E-state index in [-0.39, 0.29) is 18.5 Å². The molecule has 0 N–H and O–H groups in total. The second-order valence-electron chi connectivity index (χ2n) is 8.63. The van der Waals surface area contributed by atoms with E-state index in [4.69, 9.17) is 18.9 Å². The molecule has 0 aliphatic carbocycles. The third-order valence-corrected chi connectivity index (χ3v) is 5.99. The van der Waals surface area contributed by atoms with Crippen molar-refractivity contribution < 1.29 is 18.9 Å². The Hall–Kier alpha value is -2.50. The standard InChI is InChI=1S/C27H28O4/c1-26(2)30-24-18-23(29-25(24)31-26)19-28-27(20-12-6-3-7-13-20,21-14-8-4-9-15-21)22-16-10-5-11-17-22/h3-17,23-25H,18-19H2,1-2H3/t23-,24-,25-/m1/s1. The van der Waals surface area contributed by atoms with E-state index in [2.05, 4.69) is 72.8 Å². The lowest BCUT2D eigenvalue weighted by Crippen LogP contribution is -2.36. The quantitative estimate of drug-likeness (QED) is 0.514. The molecule has 0 spiro atoms. The van der Waals surface area contributed by atoms with Gasteiger partial charge in [0.15, 0.2) is 12.1 Å². The van der Waals surface area contributed by atoms with Crippen LogP contribution in [0.3, 0.4) is 0 Å². The van der Waals surface area contributed by atoms with Crippen molar-refractivity contribution in [2.24, 2.45) is 0 Å². The largest absolute Gasteiger partial charge is 0.358 e. The molecule has 2 heterocycles. The van der Waals surface area contributed by atoms with Crippen molar-refractivity contribution in [2.75, 3.05) is 6.61 Å². The van der Waals surface area contributed by atoms with Gasteiger partial charge in [0.05, 0.1) is 12.7 Å². The summed E-state index contributed by atoms with van der Waals surface area (Å²) in [6, 6.07) is 31.2. The fraction of sp³-hybridized carbons (Fsp3) is 0.333. The molecule has 0 bridgehead atoms. The van der Waals surface area contributed by atoms with Gasteiger partial charge in [-0.1, -0.05) is 91.0 Å². The maximum Gasteiger partial charge on any atom is 0.187 e. The minimum absolute atomic E-state index is 0.0526. The van der Waals surface area contributed by atoms with Crippen molar-refractivity contribution >= 4 is 0 Å². The van der Waals surface area contributed by atoms with Crippen molar-refractivity contribution in [3.05, 3.63) is 108 Å². The molecule has 2 aliphatic heterocycles. The first-order chi connectivity index (χ1) is 15.1. The molecule has 160 valence electrons. The van der Waals surface area contributed by atoms with Crippen molar-refractivity contribution in [3.8, 4) is 0 Å². The zero-order valence-electron chi connectivity index (χ0n) is 17.9. The Morgan fingerprint density at radius 2 is 1.26 bits per heavy atom. The molecule has 3 aromatic carbocycles. The monoisotopic (exact) mass is 416 g/mol. The zero-order valence-corrected chi connectivity index (χ0v) is 17.9. The summed E-state index contributed by atoms with van der Waals surface area (Å²) in [5, 5.41) is 0. The van der Waals surface area contributed by atoms with Gasteiger partial charge in [0.25, 0.3) is 0 Å². The number of hydrogen-bond acceptors (Lipinski definition) is 4. The highest BCUT2D eigenvalue weighted by molar-refractivity contribution is 5.47. The average Bonchev–Trinajstić information content (AvgIpc) is 3.29. The zero-order chi connectivity index (χ0) is 21.3. The first-order valence-corrected chi connectivity index (χ1v) is 10.9. The highest BCUT2D eigenvalue weighted by atomic mass is 16.8. The van der Waals surface area contributed by atoms with Gasteiger partial charge < -0.3 is 18.9 Å². The van der Waals surface area contributed by atoms with Gasteiger partial charge in [-0.25, -0.2) is 0 Å². The van der Waals surface area contributed by atoms with E-state index in [0.717, 1.165) is 23.1 Å². The molecule has 4 heteroatoms. The molecule has 2 aliphatic rings. The number of ether oxygens (including phenoxy) is 4. The van der Waals surface area contributed by atoms with Gasteiger partial charge in [-0.05, 0) is 30.5 Å². The summed E-state index contributed by atoms with van der Waals surface area (Å²) in [4.78, 5) is 0. The normalized spacial score (nSPS) is 24.8. The van der Waals surface area contributed by atoms with Crippen LogP contribution in [0.15, 0.2) is 91.0 Å². The smallest absolute Gasteiger partial charge is 0.187 e. The van der Waals surface area contributed by atoms with Gasteiger partial charge in [0.1, 0.15) is 11.7 Å². The predicted molar refractivity (Wildman–Crippen MR) is 118 cm³/mol. The van der Waals surface area contributed by atoms with Crippen molar-refractivity contribution in [1.82, 2.24) is 0 Å². The number of fused-ring (bicyclic) bond motifs is 1. The minimum atomic E-state index is -0.744. The molecule has 0 aromatic heterocycles. The molecule has 0 amide bonds. The molecule has 5 rings (SSSR count). The van der Waals surface area contributed by atoms with Gasteiger partial charge in [0, 0.05) is 6.42 Å². The third-order valence-electron chi connectivity index (χ3n) is 5.99. The molecule has 0 radical (unpaired) electrons. The molecule has 31 heavy (non-hydrogen) atoms. The van der Waals surface area contributed by atoms with Gasteiger partial charge in [0.2, 0.25) is 0 Å². The maximum atomic E-state index is 6.85. The highest BCUT2D eigenvalue weighted by Gasteiger charge is 2.49. The molecule has 2 saturated heterocycles. The lowest BCUT2D eigenvalue weighted by molar-refractivity contribution is -0.212. The van der Waals surface area contributed by atoms with Crippen LogP contribution in [0.1, 0.15) is 37.0 Å². The number of benzene rings is 3. The van der Waals surface area contributed by atoms with Crippen LogP contribution in [-0.4, -0.2) is 30.9 Å². The number of hydrogen-bond donors (Lipinski definition) is 0. The van der Waals surface area contributed by atoms with E-state index in [9.17, 15) is 0 Å². The lowest BCUT2D eigenvalue weighted by Gasteiger charge is -2.36. The summed E-state index contributed by atoms with van der Waals surface area (Å²) >= 11 is 0. The fourth-order valence-corrected chi connectivity index (χ4v) is 4.68. The van der Waals surface area contributed by atoms with Crippen LogP contribution in [-0.2, 0) is 24.5 Å². The van der Waals surface area contributed by atoms with Crippen LogP contribution in [0, 0.1) is 0 Å². The highest BCUT2D eigenvalue weighted by Crippen LogP contribution is 2.42. The van der Waals surface area contributed by atoms with E-state index in [1.54, 1.807) is 0 Å². The Labute approximate surface area is 183 Å². The van der Waals surface area contributed by atoms with E-state index in [0.29, 0.717) is 6.61 Å². The molecular formula is C27H28O4. The molecule has 3 aromatic rings. The second kappa shape index (κ2) is 8.21. The predicted octanol–water partition coefficient (Wildman–Crippen LogP) is 5.26. The molecule has 4 nitrogen and oxygen atoms in total. The van der Waals surface area contributed by atoms with Crippen LogP contribution in [0.5, 0.6) is 0 Å². The Kier molecular flexibility index (Phi) is 5.40. The first-order valence-electron chi connectivity index (χ1n) is 10.9. The van der Waals surface area contributed by atoms with E-state index in [1.807, 2.05) is 32.0 Å². The summed E-state index contributed by atoms with van der Waals surface area (Å²) in [5.41, 5.74) is 2.50. The van der Waals surface area contributed by atoms with Gasteiger partial charge in [-0.2, -0.15) is 0 Å². The Balaban J connectivity index is 1.49. The Bertz CT molecular complexity index is 875. The molecule has 0 unspecified atom stereocenters. The van der Waals surface area contributed by atoms with Crippen molar-refractivity contribution in [3.63, 3.8) is 0 Å². The van der Waals surface area contributed by atoms with Crippen molar-refractivity contribution in [1.29, 1.82) is 0 Å². The second-order valence-corrected chi connectivity index (χ2v) is 8.63. The molecular weight excluding hydrogens is 388 g/mol. The summed E-state index contributed by atoms with van der Waals surface area (Å²) in [6.07, 6.45) is 0.274. The summed E-state index contributed by atoms with van der Waals surface area (Å²) in [5.74, 6) is -0.594. The van der Waals surface area contributed by atoms with Crippen LogP contribution < -0.4 is 0 Å². The van der Waals surface area contributed by atoms with Gasteiger partial charge in [-0.3, -0.25) is 0 Å². The Morgan fingerprint density at radius 1 is 0.774 bits per heavy atom. The fourth-order valence-electron chi connectivity index (χ4n) is 4.68. The van der Waals surface area contributed by atoms with E-state index in [1.165, 1.54) is 0 Å². The van der Waals surface area contributed by atoms with Gasteiger partial charge >= 0.3 is 0 Å². The van der Waals surface area contributed by atoms with E-state index >= 15 is 0 Å². The summed E-state index contributed by atoms with van der Waals surface area (Å²) in [7, 11) is 0. The van der Waals surface area contributed by atoms with Crippen LogP contribution >= 0.6 is 0 Å². The summed E-state index contributed by atoms with van der Waals surface area (Å²) in [6.45, 7) is 4.27. The SMILES string of the molecule is CC1(C)O[C@H]2O[C@@H](COC(c3ccccc3)(c3ccccc3)c3ccccc3)C[C@H]2O1. The van der Waals surface area contributed by atoms with E-state index < -0.39 is 11.4 Å². The minimum Gasteiger partial charge on any atom is -0.358 e.